The van der Waals surface area contributed by atoms with Gasteiger partial charge in [0.15, 0.2) is 5.82 Å². The molecule has 7 heteroatoms. The average molecular weight is 341 g/mol. The Labute approximate surface area is 147 Å². The zero-order valence-electron chi connectivity index (χ0n) is 14.5. The molecular weight excluding hydrogens is 318 g/mol. The van der Waals surface area contributed by atoms with Crippen molar-refractivity contribution >= 4 is 11.8 Å². The lowest BCUT2D eigenvalue weighted by atomic mass is 10.1. The fraction of sp³-hybridized carbons (Fsp3) is 0.444. The van der Waals surface area contributed by atoms with E-state index < -0.39 is 0 Å². The van der Waals surface area contributed by atoms with Crippen molar-refractivity contribution in [1.29, 1.82) is 0 Å². The molecule has 7 nitrogen and oxygen atoms in total. The second-order valence-electron chi connectivity index (χ2n) is 6.25. The van der Waals surface area contributed by atoms with Crippen LogP contribution in [0.1, 0.15) is 29.0 Å². The first-order valence-corrected chi connectivity index (χ1v) is 8.58. The summed E-state index contributed by atoms with van der Waals surface area (Å²) in [5.74, 6) is 0.503. The van der Waals surface area contributed by atoms with Crippen LogP contribution in [-0.4, -0.2) is 62.3 Å². The van der Waals surface area contributed by atoms with Gasteiger partial charge in [-0.3, -0.25) is 14.6 Å². The van der Waals surface area contributed by atoms with Crippen molar-refractivity contribution in [3.8, 4) is 0 Å². The summed E-state index contributed by atoms with van der Waals surface area (Å²) in [5.41, 5.74) is 1.07. The Balaban J connectivity index is 1.53. The van der Waals surface area contributed by atoms with E-state index in [0.717, 1.165) is 12.0 Å². The molecule has 1 aliphatic heterocycles. The van der Waals surface area contributed by atoms with Gasteiger partial charge in [0, 0.05) is 64.4 Å². The van der Waals surface area contributed by atoms with Crippen molar-refractivity contribution < 1.29 is 9.59 Å². The third-order valence-electron chi connectivity index (χ3n) is 4.50. The number of imidazole rings is 1. The molecule has 1 aliphatic rings. The van der Waals surface area contributed by atoms with Crippen molar-refractivity contribution in [3.63, 3.8) is 0 Å². The number of carbonyl (C=O) groups excluding carboxylic acids is 2. The first kappa shape index (κ1) is 17.1. The van der Waals surface area contributed by atoms with E-state index >= 15 is 0 Å². The number of aromatic nitrogens is 3. The van der Waals surface area contributed by atoms with E-state index in [0.29, 0.717) is 44.8 Å². The van der Waals surface area contributed by atoms with Crippen molar-refractivity contribution in [2.75, 3.05) is 26.2 Å². The van der Waals surface area contributed by atoms with Crippen LogP contribution in [0.2, 0.25) is 0 Å². The van der Waals surface area contributed by atoms with Crippen LogP contribution in [0.3, 0.4) is 0 Å². The summed E-state index contributed by atoms with van der Waals surface area (Å²) in [6, 6.07) is 3.86. The Morgan fingerprint density at radius 2 is 1.92 bits per heavy atom. The van der Waals surface area contributed by atoms with E-state index in [1.54, 1.807) is 34.3 Å². The number of pyridine rings is 1. The molecule has 2 aromatic rings. The Hall–Kier alpha value is -2.70. The summed E-state index contributed by atoms with van der Waals surface area (Å²) in [4.78, 5) is 36.9. The maximum atomic E-state index is 12.6. The molecule has 0 spiro atoms. The van der Waals surface area contributed by atoms with Gasteiger partial charge in [0.25, 0.3) is 5.91 Å². The van der Waals surface area contributed by atoms with Gasteiger partial charge in [-0.2, -0.15) is 0 Å². The summed E-state index contributed by atoms with van der Waals surface area (Å²) >= 11 is 0. The van der Waals surface area contributed by atoms with Gasteiger partial charge in [-0.15, -0.1) is 0 Å². The Morgan fingerprint density at radius 1 is 1.12 bits per heavy atom. The van der Waals surface area contributed by atoms with Crippen LogP contribution in [0.25, 0.3) is 0 Å². The predicted octanol–water partition coefficient (Wildman–Crippen LogP) is 1.12. The fourth-order valence-electron chi connectivity index (χ4n) is 3.04. The highest BCUT2D eigenvalue weighted by molar-refractivity contribution is 5.90. The molecule has 2 amide bonds. The predicted molar refractivity (Wildman–Crippen MR) is 92.9 cm³/mol. The van der Waals surface area contributed by atoms with Gasteiger partial charge >= 0.3 is 0 Å². The highest BCUT2D eigenvalue weighted by Gasteiger charge is 2.24. The minimum atomic E-state index is -0.0721. The molecule has 1 fully saturated rings. The highest BCUT2D eigenvalue weighted by atomic mass is 16.2. The van der Waals surface area contributed by atoms with Crippen molar-refractivity contribution in [2.45, 2.75) is 19.3 Å². The smallest absolute Gasteiger partial charge is 0.289 e. The molecule has 0 radical (unpaired) electrons. The molecule has 0 N–H and O–H groups in total. The van der Waals surface area contributed by atoms with Gasteiger partial charge < -0.3 is 14.4 Å². The molecule has 25 heavy (non-hydrogen) atoms. The minimum Gasteiger partial charge on any atom is -0.341 e. The number of aryl methyl sites for hydroxylation is 2. The molecule has 0 aromatic carbocycles. The van der Waals surface area contributed by atoms with Crippen LogP contribution in [0.5, 0.6) is 0 Å². The molecule has 3 rings (SSSR count). The third kappa shape index (κ3) is 4.23. The van der Waals surface area contributed by atoms with Crippen molar-refractivity contribution in [3.05, 3.63) is 48.3 Å². The largest absolute Gasteiger partial charge is 0.341 e. The summed E-state index contributed by atoms with van der Waals surface area (Å²) in [6.45, 7) is 2.46. The van der Waals surface area contributed by atoms with Crippen molar-refractivity contribution in [2.24, 2.45) is 7.05 Å². The standard InChI is InChI=1S/C18H23N5O2/c1-21-11-8-20-17(21)18(25)23-10-3-9-22(12-13-23)16(24)6-5-15-4-2-7-19-14-15/h2,4,7-8,11,14H,3,5-6,9-10,12-13H2,1H3. The molecule has 0 atom stereocenters. The van der Waals surface area contributed by atoms with E-state index in [4.69, 9.17) is 0 Å². The normalized spacial score (nSPS) is 15.1. The first-order chi connectivity index (χ1) is 12.1. The van der Waals surface area contributed by atoms with Gasteiger partial charge in [-0.1, -0.05) is 6.07 Å². The van der Waals surface area contributed by atoms with Crippen LogP contribution in [0.15, 0.2) is 36.9 Å². The third-order valence-corrected chi connectivity index (χ3v) is 4.50. The maximum absolute atomic E-state index is 12.6. The molecule has 0 bridgehead atoms. The number of nitrogens with zero attached hydrogens (tertiary/aromatic N) is 5. The number of carbonyl (C=O) groups is 2. The summed E-state index contributed by atoms with van der Waals surface area (Å²) in [5, 5.41) is 0. The first-order valence-electron chi connectivity index (χ1n) is 8.58. The fourth-order valence-corrected chi connectivity index (χ4v) is 3.04. The van der Waals surface area contributed by atoms with Crippen LogP contribution in [0.4, 0.5) is 0 Å². The second kappa shape index (κ2) is 7.92. The highest BCUT2D eigenvalue weighted by Crippen LogP contribution is 2.10. The quantitative estimate of drug-likeness (QED) is 0.836. The molecule has 2 aromatic heterocycles. The lowest BCUT2D eigenvalue weighted by Gasteiger charge is -2.22. The second-order valence-corrected chi connectivity index (χ2v) is 6.25. The van der Waals surface area contributed by atoms with Gasteiger partial charge in [0.05, 0.1) is 0 Å². The van der Waals surface area contributed by atoms with Gasteiger partial charge in [0.1, 0.15) is 0 Å². The van der Waals surface area contributed by atoms with Crippen molar-refractivity contribution in [1.82, 2.24) is 24.3 Å². The maximum Gasteiger partial charge on any atom is 0.289 e. The zero-order chi connectivity index (χ0) is 17.6. The Bertz CT molecular complexity index is 728. The van der Waals surface area contributed by atoms with Gasteiger partial charge in [0.2, 0.25) is 5.91 Å². The topological polar surface area (TPSA) is 71.3 Å². The molecule has 132 valence electrons. The molecule has 0 unspecified atom stereocenters. The molecule has 3 heterocycles. The van der Waals surface area contributed by atoms with E-state index in [2.05, 4.69) is 9.97 Å². The summed E-state index contributed by atoms with van der Waals surface area (Å²) in [6.07, 6.45) is 8.86. The van der Waals surface area contributed by atoms with E-state index in [-0.39, 0.29) is 11.8 Å². The molecular formula is C18H23N5O2. The molecule has 0 aliphatic carbocycles. The summed E-state index contributed by atoms with van der Waals surface area (Å²) in [7, 11) is 1.81. The Morgan fingerprint density at radius 3 is 2.64 bits per heavy atom. The van der Waals surface area contributed by atoms with E-state index in [1.807, 2.05) is 24.1 Å². The lowest BCUT2D eigenvalue weighted by molar-refractivity contribution is -0.131. The van der Waals surface area contributed by atoms with Crippen LogP contribution in [0, 0.1) is 0 Å². The van der Waals surface area contributed by atoms with Crippen LogP contribution < -0.4 is 0 Å². The Kier molecular flexibility index (Phi) is 5.42. The molecule has 1 saturated heterocycles. The molecule has 0 saturated carbocycles. The zero-order valence-corrected chi connectivity index (χ0v) is 14.5. The number of hydrogen-bond donors (Lipinski definition) is 0. The number of amides is 2. The summed E-state index contributed by atoms with van der Waals surface area (Å²) < 4.78 is 1.73. The van der Waals surface area contributed by atoms with Gasteiger partial charge in [-0.05, 0) is 24.5 Å². The number of rotatable bonds is 4. The average Bonchev–Trinajstić information content (AvgIpc) is 2.92. The van der Waals surface area contributed by atoms with E-state index in [1.165, 1.54) is 0 Å². The van der Waals surface area contributed by atoms with Gasteiger partial charge in [-0.25, -0.2) is 4.98 Å². The SMILES string of the molecule is Cn1ccnc1C(=O)N1CCCN(C(=O)CCc2cccnc2)CC1. The lowest BCUT2D eigenvalue weighted by Crippen LogP contribution is -2.38. The monoisotopic (exact) mass is 341 g/mol. The number of hydrogen-bond acceptors (Lipinski definition) is 4. The van der Waals surface area contributed by atoms with E-state index in [9.17, 15) is 9.59 Å². The van der Waals surface area contributed by atoms with Crippen LogP contribution in [-0.2, 0) is 18.3 Å². The minimum absolute atomic E-state index is 0.0721. The van der Waals surface area contributed by atoms with Crippen LogP contribution >= 0.6 is 0 Å².